The largest absolute Gasteiger partial charge is 0.416 e. The van der Waals surface area contributed by atoms with E-state index in [-0.39, 0.29) is 0 Å². The van der Waals surface area contributed by atoms with Crippen LogP contribution >= 0.6 is 11.3 Å². The molecule has 0 radical (unpaired) electrons. The molecule has 3 heterocycles. The van der Waals surface area contributed by atoms with Gasteiger partial charge in [0.1, 0.15) is 5.82 Å². The average Bonchev–Trinajstić information content (AvgIpc) is 3.32. The fraction of sp³-hybridized carbons (Fsp3) is 0.387. The third-order valence-corrected chi connectivity index (χ3v) is 8.17. The number of thiophene rings is 1. The predicted octanol–water partition coefficient (Wildman–Crippen LogP) is 8.54. The van der Waals surface area contributed by atoms with E-state index in [9.17, 15) is 13.2 Å². The Bertz CT molecular complexity index is 1360. The van der Waals surface area contributed by atoms with Crippen molar-refractivity contribution < 1.29 is 13.2 Å². The van der Waals surface area contributed by atoms with Crippen LogP contribution in [0.2, 0.25) is 0 Å². The van der Waals surface area contributed by atoms with Crippen molar-refractivity contribution in [1.29, 1.82) is 0 Å². The summed E-state index contributed by atoms with van der Waals surface area (Å²) in [5.74, 6) is 0.541. The molecule has 3 aromatic rings. The molecule has 8 heteroatoms. The van der Waals surface area contributed by atoms with Crippen molar-refractivity contribution in [3.63, 3.8) is 0 Å². The Morgan fingerprint density at radius 2 is 2.00 bits per heavy atom. The molecule has 208 valence electrons. The maximum absolute atomic E-state index is 13.5. The molecular weight excluding hydrogens is 517 g/mol. The highest BCUT2D eigenvalue weighted by Gasteiger charge is 2.31. The number of nitrogens with one attached hydrogen (secondary N) is 1. The zero-order chi connectivity index (χ0) is 28.2. The summed E-state index contributed by atoms with van der Waals surface area (Å²) in [6.45, 7) is 12.9. The number of anilines is 2. The average molecular weight is 555 g/mol. The first-order chi connectivity index (χ1) is 18.6. The second kappa shape index (κ2) is 12.4. The molecule has 0 unspecified atom stereocenters. The van der Waals surface area contributed by atoms with Gasteiger partial charge in [-0.3, -0.25) is 4.90 Å². The number of nitrogen functional groups attached to an aromatic ring is 1. The van der Waals surface area contributed by atoms with Crippen LogP contribution in [0.3, 0.4) is 0 Å². The highest BCUT2D eigenvalue weighted by atomic mass is 32.1. The Morgan fingerprint density at radius 1 is 1.21 bits per heavy atom. The first kappa shape index (κ1) is 28.9. The van der Waals surface area contributed by atoms with Crippen LogP contribution in [0.4, 0.5) is 24.7 Å². The molecule has 0 amide bonds. The number of nitrogens with two attached hydrogens (primary N) is 1. The van der Waals surface area contributed by atoms with Gasteiger partial charge in [-0.15, -0.1) is 11.3 Å². The summed E-state index contributed by atoms with van der Waals surface area (Å²) >= 11 is 1.68. The van der Waals surface area contributed by atoms with Crippen LogP contribution in [0.1, 0.15) is 78.3 Å². The molecule has 0 fully saturated rings. The molecule has 2 aromatic heterocycles. The Kier molecular flexibility index (Phi) is 9.18. The summed E-state index contributed by atoms with van der Waals surface area (Å²) < 4.78 is 40.6. The third kappa shape index (κ3) is 7.31. The molecule has 0 aliphatic carbocycles. The number of aryl methyl sites for hydroxylation is 1. The van der Waals surface area contributed by atoms with Crippen molar-refractivity contribution >= 4 is 34.6 Å². The van der Waals surface area contributed by atoms with Gasteiger partial charge < -0.3 is 11.1 Å². The number of unbranched alkanes of at least 4 members (excludes halogenated alkanes) is 1. The van der Waals surface area contributed by atoms with E-state index >= 15 is 0 Å². The van der Waals surface area contributed by atoms with Gasteiger partial charge in [-0.05, 0) is 73.6 Å². The summed E-state index contributed by atoms with van der Waals surface area (Å²) in [6, 6.07) is 6.36. The second-order valence-corrected chi connectivity index (χ2v) is 11.3. The molecule has 0 bridgehead atoms. The van der Waals surface area contributed by atoms with Crippen LogP contribution in [0.25, 0.3) is 11.8 Å². The molecule has 39 heavy (non-hydrogen) atoms. The van der Waals surface area contributed by atoms with Crippen molar-refractivity contribution in [3.05, 3.63) is 86.3 Å². The fourth-order valence-corrected chi connectivity index (χ4v) is 5.99. The zero-order valence-corrected chi connectivity index (χ0v) is 23.7. The molecule has 0 saturated heterocycles. The lowest BCUT2D eigenvalue weighted by molar-refractivity contribution is -0.137. The molecule has 4 rings (SSSR count). The number of hydrogen-bond acceptors (Lipinski definition) is 5. The SMILES string of the molecule is C=C(Nc1cc(CCCC)cc(C(F)(F)F)c1)c1csc2c1CCN(Cc1cnc(N)c(C=C(C)CC)c1)C2. The molecule has 1 aromatic carbocycles. The van der Waals surface area contributed by atoms with Crippen molar-refractivity contribution in [2.24, 2.45) is 0 Å². The van der Waals surface area contributed by atoms with Gasteiger partial charge in [0.2, 0.25) is 0 Å². The number of alkyl halides is 3. The normalized spacial score (nSPS) is 14.4. The monoisotopic (exact) mass is 554 g/mol. The summed E-state index contributed by atoms with van der Waals surface area (Å²) in [6.07, 6.45) is 3.76. The van der Waals surface area contributed by atoms with Crippen LogP contribution in [0.5, 0.6) is 0 Å². The molecule has 0 atom stereocenters. The number of pyridine rings is 1. The fourth-order valence-electron chi connectivity index (χ4n) is 4.83. The topological polar surface area (TPSA) is 54.2 Å². The number of halogens is 3. The van der Waals surface area contributed by atoms with Gasteiger partial charge in [0.25, 0.3) is 0 Å². The standard InChI is InChI=1S/C31H37F3N4S/c1-5-7-8-22-13-25(31(32,33)34)15-26(14-22)37-21(4)28-19-39-29-18-38(10-9-27(28)29)17-23-12-24(11-20(3)6-2)30(35)36-16-23/h11-16,19,37H,4-10,17-18H2,1-3H3,(H2,35,36). The van der Waals surface area contributed by atoms with Crippen LogP contribution in [-0.2, 0) is 32.1 Å². The number of fused-ring (bicyclic) bond motifs is 1. The van der Waals surface area contributed by atoms with Gasteiger partial charge in [-0.1, -0.05) is 38.5 Å². The second-order valence-electron chi connectivity index (χ2n) is 10.3. The third-order valence-electron chi connectivity index (χ3n) is 7.16. The minimum Gasteiger partial charge on any atom is -0.383 e. The molecule has 0 spiro atoms. The number of aromatic nitrogens is 1. The maximum Gasteiger partial charge on any atom is 0.416 e. The van der Waals surface area contributed by atoms with Gasteiger partial charge in [0, 0.05) is 58.6 Å². The van der Waals surface area contributed by atoms with Crippen LogP contribution in [-0.4, -0.2) is 16.4 Å². The maximum atomic E-state index is 13.5. The van der Waals surface area contributed by atoms with Crippen LogP contribution < -0.4 is 11.1 Å². The highest BCUT2D eigenvalue weighted by molar-refractivity contribution is 7.10. The van der Waals surface area contributed by atoms with E-state index in [4.69, 9.17) is 5.73 Å². The van der Waals surface area contributed by atoms with Crippen LogP contribution in [0, 0.1) is 0 Å². The Morgan fingerprint density at radius 3 is 2.72 bits per heavy atom. The van der Waals surface area contributed by atoms with Crippen molar-refractivity contribution in [2.45, 2.75) is 72.1 Å². The highest BCUT2D eigenvalue weighted by Crippen LogP contribution is 2.36. The van der Waals surface area contributed by atoms with Gasteiger partial charge in [0.15, 0.2) is 0 Å². The number of benzene rings is 1. The quantitative estimate of drug-likeness (QED) is 0.264. The van der Waals surface area contributed by atoms with Crippen molar-refractivity contribution in [3.8, 4) is 0 Å². The molecule has 1 aliphatic heterocycles. The number of hydrogen-bond donors (Lipinski definition) is 2. The smallest absolute Gasteiger partial charge is 0.383 e. The lowest BCUT2D eigenvalue weighted by Crippen LogP contribution is -2.29. The summed E-state index contributed by atoms with van der Waals surface area (Å²) in [5.41, 5.74) is 12.8. The lowest BCUT2D eigenvalue weighted by Gasteiger charge is -2.27. The number of allylic oxidation sites excluding steroid dienone is 1. The number of rotatable bonds is 10. The van der Waals surface area contributed by atoms with E-state index in [1.54, 1.807) is 11.3 Å². The van der Waals surface area contributed by atoms with E-state index < -0.39 is 11.7 Å². The first-order valence-corrected chi connectivity index (χ1v) is 14.4. The molecule has 1 aliphatic rings. The molecule has 4 nitrogen and oxygen atoms in total. The molecule has 0 saturated carbocycles. The van der Waals surface area contributed by atoms with Crippen molar-refractivity contribution in [1.82, 2.24) is 9.88 Å². The van der Waals surface area contributed by atoms with Gasteiger partial charge >= 0.3 is 6.18 Å². The Hall–Kier alpha value is -3.10. The van der Waals surface area contributed by atoms with Gasteiger partial charge in [0.05, 0.1) is 5.56 Å². The van der Waals surface area contributed by atoms with E-state index in [1.165, 1.54) is 28.1 Å². The Labute approximate surface area is 233 Å². The molecular formula is C31H37F3N4S. The van der Waals surface area contributed by atoms with Crippen molar-refractivity contribution in [2.75, 3.05) is 17.6 Å². The number of nitrogens with zero attached hydrogens (tertiary/aromatic N) is 2. The van der Waals surface area contributed by atoms with E-state index in [0.29, 0.717) is 29.2 Å². The minimum absolute atomic E-state index is 0.428. The van der Waals surface area contributed by atoms with Crippen LogP contribution in [0.15, 0.2) is 48.0 Å². The minimum atomic E-state index is -4.39. The zero-order valence-electron chi connectivity index (χ0n) is 22.9. The predicted molar refractivity (Wildman–Crippen MR) is 157 cm³/mol. The Balaban J connectivity index is 1.47. The van der Waals surface area contributed by atoms with Gasteiger partial charge in [-0.25, -0.2) is 4.98 Å². The summed E-state index contributed by atoms with van der Waals surface area (Å²) in [7, 11) is 0. The lowest BCUT2D eigenvalue weighted by atomic mass is 10.0. The first-order valence-electron chi connectivity index (χ1n) is 13.5. The van der Waals surface area contributed by atoms with E-state index in [0.717, 1.165) is 62.0 Å². The molecule has 3 N–H and O–H groups in total. The van der Waals surface area contributed by atoms with E-state index in [2.05, 4.69) is 53.1 Å². The van der Waals surface area contributed by atoms with E-state index in [1.807, 2.05) is 19.2 Å². The van der Waals surface area contributed by atoms with Gasteiger partial charge in [-0.2, -0.15) is 13.2 Å². The summed E-state index contributed by atoms with van der Waals surface area (Å²) in [4.78, 5) is 8.06. The summed E-state index contributed by atoms with van der Waals surface area (Å²) in [5, 5.41) is 5.25.